The summed E-state index contributed by atoms with van der Waals surface area (Å²) in [5.74, 6) is -3.26. The van der Waals surface area contributed by atoms with Crippen LogP contribution in [0.1, 0.15) is 71.8 Å². The van der Waals surface area contributed by atoms with Crippen LogP contribution in [0, 0.1) is 21.4 Å². The molecule has 0 aliphatic heterocycles. The van der Waals surface area contributed by atoms with Gasteiger partial charge in [0.1, 0.15) is 17.8 Å². The topological polar surface area (TPSA) is 209 Å². The third-order valence-electron chi connectivity index (χ3n) is 7.07. The highest BCUT2D eigenvalue weighted by atomic mass is 16.6. The number of benzene rings is 2. The predicted molar refractivity (Wildman–Crippen MR) is 186 cm³/mol. The summed E-state index contributed by atoms with van der Waals surface area (Å²) in [6.07, 6.45) is 4.13. The predicted octanol–water partition coefficient (Wildman–Crippen LogP) is 5.34. The molecule has 6 N–H and O–H groups in total. The van der Waals surface area contributed by atoms with Crippen LogP contribution in [0.4, 0.5) is 11.4 Å². The Balaban J connectivity index is 2.13. The van der Waals surface area contributed by atoms with E-state index in [1.165, 1.54) is 19.3 Å². The molecule has 0 aliphatic rings. The van der Waals surface area contributed by atoms with Crippen LogP contribution in [0.5, 0.6) is 5.75 Å². The highest BCUT2D eigenvalue weighted by molar-refractivity contribution is 5.88. The Hall–Kier alpha value is -5.40. The molecule has 0 spiro atoms. The van der Waals surface area contributed by atoms with Crippen molar-refractivity contribution in [2.45, 2.75) is 78.3 Å². The van der Waals surface area contributed by atoms with E-state index >= 15 is 0 Å². The van der Waals surface area contributed by atoms with E-state index in [0.29, 0.717) is 29.1 Å². The number of hydrogen-bond donors (Lipinski definition) is 6. The van der Waals surface area contributed by atoms with E-state index in [2.05, 4.69) is 21.3 Å². The van der Waals surface area contributed by atoms with Gasteiger partial charge in [-0.1, -0.05) is 58.9 Å². The Morgan fingerprint density at radius 1 is 0.857 bits per heavy atom. The fourth-order valence-corrected chi connectivity index (χ4v) is 4.76. The van der Waals surface area contributed by atoms with E-state index in [1.54, 1.807) is 48.5 Å². The van der Waals surface area contributed by atoms with Crippen molar-refractivity contribution in [2.75, 3.05) is 17.7 Å². The fraction of sp³-hybridized carbons (Fsp3) is 0.429. The average Bonchev–Trinajstić information content (AvgIpc) is 3.00. The number of carboxylic acids is 2. The monoisotopic (exact) mass is 681 g/mol. The molecule has 14 nitrogen and oxygen atoms in total. The summed E-state index contributed by atoms with van der Waals surface area (Å²) in [4.78, 5) is 60.0. The second-order valence-electron chi connectivity index (χ2n) is 13.1. The van der Waals surface area contributed by atoms with Crippen LogP contribution < -0.4 is 26.0 Å². The molecular weight excluding hydrogens is 634 g/mol. The first-order valence-electron chi connectivity index (χ1n) is 15.8. The number of carbonyl (C=O) groups is 4. The molecule has 0 bridgehead atoms. The number of anilines is 2. The molecule has 0 fully saturated rings. The molecule has 3 unspecified atom stereocenters. The highest BCUT2D eigenvalue weighted by Crippen LogP contribution is 2.27. The number of methoxy groups -OCH3 is 1. The molecule has 0 aliphatic carbocycles. The number of carbonyl (C=O) groups excluding carboxylic acids is 2. The van der Waals surface area contributed by atoms with Crippen LogP contribution in [0.2, 0.25) is 0 Å². The minimum atomic E-state index is -1.28. The Morgan fingerprint density at radius 2 is 1.35 bits per heavy atom. The molecule has 0 heterocycles. The van der Waals surface area contributed by atoms with Crippen LogP contribution in [0.25, 0.3) is 0 Å². The standard InChI is InChI=1S/C35H47N5O9/c1-22(2)19-27(23-11-13-24(14-12-23)36-30(21-40(47)48)37-25-15-17-26(49-6)18-16-25)32(42)39-29(34(45)46)10-8-7-9-28(33(43)44)38-31(41)20-35(3,4)5/h7-8,11-18,21-22,27-29,36-37H,9-10,19-20H2,1-6H3,(H,38,41)(H,39,42)(H,43,44)(H,45,46)/b8-7+,30-21+. The van der Waals surface area contributed by atoms with Crippen molar-refractivity contribution >= 4 is 35.1 Å². The molecule has 49 heavy (non-hydrogen) atoms. The normalized spacial score (nSPS) is 13.7. The third kappa shape index (κ3) is 14.9. The number of ether oxygens (including phenoxy) is 1. The third-order valence-corrected chi connectivity index (χ3v) is 7.07. The zero-order valence-corrected chi connectivity index (χ0v) is 28.7. The molecule has 266 valence electrons. The molecule has 3 atom stereocenters. The summed E-state index contributed by atoms with van der Waals surface area (Å²) in [7, 11) is 1.53. The van der Waals surface area contributed by atoms with Gasteiger partial charge in [-0.2, -0.15) is 0 Å². The Morgan fingerprint density at radius 3 is 1.78 bits per heavy atom. The number of aliphatic carboxylic acids is 2. The van der Waals surface area contributed by atoms with Crippen molar-refractivity contribution in [3.05, 3.63) is 88.4 Å². The smallest absolute Gasteiger partial charge is 0.326 e. The van der Waals surface area contributed by atoms with E-state index in [-0.39, 0.29) is 36.4 Å². The first kappa shape index (κ1) is 39.8. The summed E-state index contributed by atoms with van der Waals surface area (Å²) < 4.78 is 5.14. The van der Waals surface area contributed by atoms with Crippen LogP contribution >= 0.6 is 0 Å². The van der Waals surface area contributed by atoms with Crippen LogP contribution in [0.15, 0.2) is 72.7 Å². The van der Waals surface area contributed by atoms with Gasteiger partial charge in [-0.15, -0.1) is 0 Å². The van der Waals surface area contributed by atoms with Crippen molar-refractivity contribution in [3.63, 3.8) is 0 Å². The molecule has 2 aromatic rings. The number of nitro groups is 1. The largest absolute Gasteiger partial charge is 0.497 e. The molecule has 2 amide bonds. The van der Waals surface area contributed by atoms with Crippen molar-refractivity contribution in [1.82, 2.24) is 10.6 Å². The quantitative estimate of drug-likeness (QED) is 0.0634. The van der Waals surface area contributed by atoms with E-state index in [9.17, 15) is 39.5 Å². The number of nitrogens with zero attached hydrogens (tertiary/aromatic N) is 1. The lowest BCUT2D eigenvalue weighted by Gasteiger charge is -2.22. The van der Waals surface area contributed by atoms with Crippen molar-refractivity contribution < 1.29 is 39.1 Å². The maximum absolute atomic E-state index is 13.5. The SMILES string of the molecule is COc1ccc(N/C(=C/[N+](=O)[O-])Nc2ccc(C(CC(C)C)C(=O)NC(C/C=C/CC(NC(=O)CC(C)(C)C)C(=O)O)C(=O)O)cc2)cc1. The van der Waals surface area contributed by atoms with Gasteiger partial charge in [-0.25, -0.2) is 9.59 Å². The van der Waals surface area contributed by atoms with Gasteiger partial charge in [-0.05, 0) is 72.6 Å². The molecule has 0 saturated carbocycles. The van der Waals surface area contributed by atoms with E-state index < -0.39 is 46.7 Å². The van der Waals surface area contributed by atoms with Gasteiger partial charge in [0, 0.05) is 17.8 Å². The molecule has 0 saturated heterocycles. The number of hydrogen-bond acceptors (Lipinski definition) is 9. The van der Waals surface area contributed by atoms with Gasteiger partial charge in [-0.3, -0.25) is 19.7 Å². The second kappa shape index (κ2) is 18.8. The zero-order chi connectivity index (χ0) is 36.7. The van der Waals surface area contributed by atoms with E-state index in [1.807, 2.05) is 34.6 Å². The summed E-state index contributed by atoms with van der Waals surface area (Å²) in [6.45, 7) is 9.46. The first-order chi connectivity index (χ1) is 23.0. The Labute approximate surface area is 286 Å². The molecular formula is C35H47N5O9. The van der Waals surface area contributed by atoms with Gasteiger partial charge in [0.2, 0.25) is 11.8 Å². The lowest BCUT2D eigenvalue weighted by atomic mass is 9.89. The zero-order valence-electron chi connectivity index (χ0n) is 28.7. The van der Waals surface area contributed by atoms with Gasteiger partial charge in [0.25, 0.3) is 6.20 Å². The summed E-state index contributed by atoms with van der Waals surface area (Å²) in [6, 6.07) is 11.1. The van der Waals surface area contributed by atoms with Gasteiger partial charge < -0.3 is 36.2 Å². The second-order valence-corrected chi connectivity index (χ2v) is 13.1. The highest BCUT2D eigenvalue weighted by Gasteiger charge is 2.27. The number of nitrogens with one attached hydrogen (secondary N) is 4. The van der Waals surface area contributed by atoms with Crippen molar-refractivity contribution in [3.8, 4) is 5.75 Å². The molecule has 2 aromatic carbocycles. The van der Waals surface area contributed by atoms with Crippen LogP contribution in [-0.2, 0) is 19.2 Å². The number of amides is 2. The average molecular weight is 682 g/mol. The van der Waals surface area contributed by atoms with E-state index in [0.717, 1.165) is 6.20 Å². The maximum Gasteiger partial charge on any atom is 0.326 e. The fourth-order valence-electron chi connectivity index (χ4n) is 4.76. The molecule has 14 heteroatoms. The Kier molecular flexibility index (Phi) is 15.3. The first-order valence-corrected chi connectivity index (χ1v) is 15.8. The van der Waals surface area contributed by atoms with Gasteiger partial charge >= 0.3 is 11.9 Å². The number of carboxylic acid groups (broad SMARTS) is 2. The van der Waals surface area contributed by atoms with Crippen molar-refractivity contribution in [1.29, 1.82) is 0 Å². The summed E-state index contributed by atoms with van der Waals surface area (Å²) >= 11 is 0. The molecule has 0 radical (unpaired) electrons. The minimum Gasteiger partial charge on any atom is -0.497 e. The van der Waals surface area contributed by atoms with Gasteiger partial charge in [0.05, 0.1) is 18.0 Å². The summed E-state index contributed by atoms with van der Waals surface area (Å²) in [5.41, 5.74) is 1.39. The van der Waals surface area contributed by atoms with Crippen molar-refractivity contribution in [2.24, 2.45) is 11.3 Å². The molecule has 2 rings (SSSR count). The lowest BCUT2D eigenvalue weighted by Crippen LogP contribution is -2.43. The number of rotatable bonds is 19. The van der Waals surface area contributed by atoms with Gasteiger partial charge in [0.15, 0.2) is 5.82 Å². The Bertz CT molecular complexity index is 1500. The molecule has 0 aromatic heterocycles. The van der Waals surface area contributed by atoms with E-state index in [4.69, 9.17) is 4.74 Å². The van der Waals surface area contributed by atoms with Crippen LogP contribution in [0.3, 0.4) is 0 Å². The minimum absolute atomic E-state index is 0.0595. The van der Waals surface area contributed by atoms with Crippen LogP contribution in [-0.4, -0.2) is 58.1 Å². The lowest BCUT2D eigenvalue weighted by molar-refractivity contribution is -0.403. The summed E-state index contributed by atoms with van der Waals surface area (Å²) in [5, 5.41) is 41.6. The maximum atomic E-state index is 13.5.